The topological polar surface area (TPSA) is 103 Å². The molecule has 7 nitrogen and oxygen atoms in total. The smallest absolute Gasteiger partial charge is 0.239 e. The van der Waals surface area contributed by atoms with Crippen LogP contribution in [0.4, 0.5) is 0 Å². The van der Waals surface area contributed by atoms with Crippen molar-refractivity contribution in [1.29, 1.82) is 0 Å². The lowest BCUT2D eigenvalue weighted by Crippen LogP contribution is -2.39. The summed E-state index contributed by atoms with van der Waals surface area (Å²) in [6.45, 7) is 0.762. The monoisotopic (exact) mass is 331 g/mol. The van der Waals surface area contributed by atoms with Crippen LogP contribution in [-0.4, -0.2) is 45.2 Å². The van der Waals surface area contributed by atoms with E-state index in [9.17, 15) is 9.59 Å². The molecule has 0 aromatic heterocycles. The Morgan fingerprint density at radius 3 is 2.59 bits per heavy atom. The van der Waals surface area contributed by atoms with Gasteiger partial charge in [-0.25, -0.2) is 0 Å². The molecule has 4 N–H and O–H groups in total. The Balaban J connectivity index is 0.00000441. The van der Waals surface area contributed by atoms with Crippen LogP contribution in [0.2, 0.25) is 0 Å². The maximum atomic E-state index is 11.4. The van der Waals surface area contributed by atoms with Crippen LogP contribution in [0.15, 0.2) is 24.3 Å². The van der Waals surface area contributed by atoms with E-state index in [1.54, 1.807) is 13.2 Å². The number of rotatable bonds is 9. The minimum absolute atomic E-state index is 0. The fourth-order valence-electron chi connectivity index (χ4n) is 1.49. The van der Waals surface area contributed by atoms with Gasteiger partial charge in [0.25, 0.3) is 0 Å². The number of carbonyl (C=O) groups is 2. The lowest BCUT2D eigenvalue weighted by Gasteiger charge is -2.09. The average Bonchev–Trinajstić information content (AvgIpc) is 2.52. The van der Waals surface area contributed by atoms with Gasteiger partial charge in [0, 0.05) is 12.6 Å². The summed E-state index contributed by atoms with van der Waals surface area (Å²) >= 11 is 0. The molecule has 0 saturated carbocycles. The largest absolute Gasteiger partial charge is 0.497 e. The van der Waals surface area contributed by atoms with Crippen LogP contribution in [0.3, 0.4) is 0 Å². The summed E-state index contributed by atoms with van der Waals surface area (Å²) in [5.41, 5.74) is 5.10. The van der Waals surface area contributed by atoms with E-state index in [1.807, 2.05) is 18.2 Å². The molecular weight excluding hydrogens is 310 g/mol. The Kier molecular flexibility index (Phi) is 10.6. The van der Waals surface area contributed by atoms with E-state index >= 15 is 0 Å². The molecule has 1 aromatic rings. The van der Waals surface area contributed by atoms with Crippen molar-refractivity contribution >= 4 is 24.2 Å². The van der Waals surface area contributed by atoms with Crippen LogP contribution in [0.25, 0.3) is 0 Å². The number of hydrogen-bond acceptors (Lipinski definition) is 5. The van der Waals surface area contributed by atoms with Crippen molar-refractivity contribution < 1.29 is 19.1 Å². The van der Waals surface area contributed by atoms with Gasteiger partial charge in [-0.2, -0.15) is 0 Å². The molecule has 0 aliphatic carbocycles. The SMILES string of the molecule is COc1cccc(OCCCNC(=O)CNC(=O)CN)c1.Cl. The first kappa shape index (κ1) is 20.0. The summed E-state index contributed by atoms with van der Waals surface area (Å²) in [7, 11) is 1.60. The number of benzene rings is 1. The molecule has 124 valence electrons. The molecule has 0 aliphatic rings. The Bertz CT molecular complexity index is 471. The maximum Gasteiger partial charge on any atom is 0.239 e. The highest BCUT2D eigenvalue weighted by atomic mass is 35.5. The molecule has 0 unspecified atom stereocenters. The fraction of sp³-hybridized carbons (Fsp3) is 0.429. The zero-order valence-electron chi connectivity index (χ0n) is 12.5. The summed E-state index contributed by atoms with van der Waals surface area (Å²) in [5, 5.41) is 5.06. The fourth-order valence-corrected chi connectivity index (χ4v) is 1.49. The van der Waals surface area contributed by atoms with Gasteiger partial charge < -0.3 is 25.8 Å². The number of amides is 2. The van der Waals surface area contributed by atoms with Crippen LogP contribution in [0.5, 0.6) is 11.5 Å². The number of ether oxygens (including phenoxy) is 2. The molecule has 8 heteroatoms. The van der Waals surface area contributed by atoms with Crippen molar-refractivity contribution in [3.8, 4) is 11.5 Å². The Morgan fingerprint density at radius 2 is 1.91 bits per heavy atom. The van der Waals surface area contributed by atoms with Crippen molar-refractivity contribution in [2.75, 3.05) is 33.4 Å². The summed E-state index contributed by atoms with van der Waals surface area (Å²) in [6.07, 6.45) is 0.661. The number of nitrogens with one attached hydrogen (secondary N) is 2. The van der Waals surface area contributed by atoms with Gasteiger partial charge in [0.05, 0.1) is 26.8 Å². The van der Waals surface area contributed by atoms with E-state index in [0.29, 0.717) is 19.6 Å². The second kappa shape index (κ2) is 11.6. The predicted octanol–water partition coefficient (Wildman–Crippen LogP) is 0.0770. The molecule has 1 rings (SSSR count). The zero-order chi connectivity index (χ0) is 15.5. The Labute approximate surface area is 135 Å². The minimum Gasteiger partial charge on any atom is -0.497 e. The first-order valence-electron chi connectivity index (χ1n) is 6.66. The van der Waals surface area contributed by atoms with Crippen LogP contribution in [0, 0.1) is 0 Å². The molecule has 0 fully saturated rings. The molecule has 0 spiro atoms. The van der Waals surface area contributed by atoms with Crippen LogP contribution < -0.4 is 25.8 Å². The number of carbonyl (C=O) groups excluding carboxylic acids is 2. The molecule has 0 heterocycles. The van der Waals surface area contributed by atoms with E-state index in [0.717, 1.165) is 11.5 Å². The minimum atomic E-state index is -0.355. The summed E-state index contributed by atoms with van der Waals surface area (Å²) in [5.74, 6) is 0.844. The highest BCUT2D eigenvalue weighted by molar-refractivity contribution is 5.85. The van der Waals surface area contributed by atoms with Crippen LogP contribution in [-0.2, 0) is 9.59 Å². The third-order valence-corrected chi connectivity index (χ3v) is 2.58. The maximum absolute atomic E-state index is 11.4. The highest BCUT2D eigenvalue weighted by Crippen LogP contribution is 2.18. The second-order valence-electron chi connectivity index (χ2n) is 4.21. The normalized spacial score (nSPS) is 9.36. The Hall–Kier alpha value is -1.99. The summed E-state index contributed by atoms with van der Waals surface area (Å²) in [6, 6.07) is 7.31. The molecule has 0 bridgehead atoms. The molecule has 0 saturated heterocycles. The van der Waals surface area contributed by atoms with Crippen molar-refractivity contribution in [2.45, 2.75) is 6.42 Å². The third kappa shape index (κ3) is 8.33. The molecule has 1 aromatic carbocycles. The summed E-state index contributed by atoms with van der Waals surface area (Å²) in [4.78, 5) is 22.2. The van der Waals surface area contributed by atoms with Gasteiger partial charge in [0.2, 0.25) is 11.8 Å². The van der Waals surface area contributed by atoms with E-state index in [4.69, 9.17) is 15.2 Å². The van der Waals surface area contributed by atoms with Gasteiger partial charge in [0.15, 0.2) is 0 Å². The molecular formula is C14H22ClN3O4. The number of nitrogens with two attached hydrogens (primary N) is 1. The average molecular weight is 332 g/mol. The van der Waals surface area contributed by atoms with Crippen molar-refractivity contribution in [3.05, 3.63) is 24.3 Å². The van der Waals surface area contributed by atoms with E-state index < -0.39 is 0 Å². The van der Waals surface area contributed by atoms with Crippen molar-refractivity contribution in [3.63, 3.8) is 0 Å². The lowest BCUT2D eigenvalue weighted by atomic mass is 10.3. The van der Waals surface area contributed by atoms with E-state index in [2.05, 4.69) is 10.6 Å². The van der Waals surface area contributed by atoms with Gasteiger partial charge in [-0.05, 0) is 18.6 Å². The van der Waals surface area contributed by atoms with Gasteiger partial charge in [0.1, 0.15) is 11.5 Å². The van der Waals surface area contributed by atoms with Crippen molar-refractivity contribution in [2.24, 2.45) is 5.73 Å². The quantitative estimate of drug-likeness (QED) is 0.556. The number of halogens is 1. The second-order valence-corrected chi connectivity index (χ2v) is 4.21. The lowest BCUT2D eigenvalue weighted by molar-refractivity contribution is -0.125. The predicted molar refractivity (Wildman–Crippen MR) is 85.4 cm³/mol. The first-order valence-corrected chi connectivity index (χ1v) is 6.66. The first-order chi connectivity index (χ1) is 10.2. The molecule has 2 amide bonds. The van der Waals surface area contributed by atoms with Crippen LogP contribution >= 0.6 is 12.4 Å². The number of hydrogen-bond donors (Lipinski definition) is 3. The molecule has 22 heavy (non-hydrogen) atoms. The van der Waals surface area contributed by atoms with Crippen LogP contribution in [0.1, 0.15) is 6.42 Å². The molecule has 0 atom stereocenters. The van der Waals surface area contributed by atoms with Gasteiger partial charge in [-0.1, -0.05) is 6.07 Å². The standard InChI is InChI=1S/C14H21N3O4.ClH/c1-20-11-4-2-5-12(8-11)21-7-3-6-16-14(19)10-17-13(18)9-15;/h2,4-5,8H,3,6-7,9-10,15H2,1H3,(H,16,19)(H,17,18);1H. The molecule has 0 radical (unpaired) electrons. The van der Waals surface area contributed by atoms with Crippen molar-refractivity contribution in [1.82, 2.24) is 10.6 Å². The van der Waals surface area contributed by atoms with Gasteiger partial charge in [-0.15, -0.1) is 12.4 Å². The summed E-state index contributed by atoms with van der Waals surface area (Å²) < 4.78 is 10.6. The van der Waals surface area contributed by atoms with Gasteiger partial charge in [-0.3, -0.25) is 9.59 Å². The van der Waals surface area contributed by atoms with E-state index in [1.165, 1.54) is 0 Å². The highest BCUT2D eigenvalue weighted by Gasteiger charge is 2.03. The van der Waals surface area contributed by atoms with E-state index in [-0.39, 0.29) is 37.3 Å². The zero-order valence-corrected chi connectivity index (χ0v) is 13.3. The Morgan fingerprint density at radius 1 is 1.18 bits per heavy atom. The molecule has 0 aliphatic heterocycles. The van der Waals surface area contributed by atoms with Gasteiger partial charge >= 0.3 is 0 Å². The third-order valence-electron chi connectivity index (χ3n) is 2.58. The number of methoxy groups -OCH3 is 1.